The molecule has 0 aliphatic carbocycles. The number of halogens is 1. The molecule has 2 aromatic rings. The van der Waals surface area contributed by atoms with E-state index in [2.05, 4.69) is 4.98 Å². The number of nitrogens with zero attached hydrogens (tertiary/aromatic N) is 1. The Hall–Kier alpha value is -1.64. The van der Waals surface area contributed by atoms with Crippen LogP contribution in [-0.4, -0.2) is 11.1 Å². The van der Waals surface area contributed by atoms with Gasteiger partial charge in [-0.3, -0.25) is 0 Å². The van der Waals surface area contributed by atoms with Crippen molar-refractivity contribution in [3.63, 3.8) is 0 Å². The van der Waals surface area contributed by atoms with Crippen LogP contribution in [0.4, 0.5) is 4.39 Å². The van der Waals surface area contributed by atoms with Gasteiger partial charge in [0.05, 0.1) is 6.10 Å². The van der Waals surface area contributed by atoms with E-state index < -0.39 is 0 Å². The van der Waals surface area contributed by atoms with Gasteiger partial charge in [0.2, 0.25) is 0 Å². The number of ether oxygens (including phenoxy) is 1. The number of pyridine rings is 1. The Morgan fingerprint density at radius 2 is 2.00 bits per heavy atom. The summed E-state index contributed by atoms with van der Waals surface area (Å²) in [6, 6.07) is 6.57. The lowest BCUT2D eigenvalue weighted by molar-refractivity contribution is 0.244. The molecule has 0 amide bonds. The van der Waals surface area contributed by atoms with Crippen LogP contribution in [0.25, 0.3) is 10.9 Å². The van der Waals surface area contributed by atoms with Crippen LogP contribution >= 0.6 is 0 Å². The first kappa shape index (κ1) is 10.9. The maximum atomic E-state index is 13.3. The molecular weight excluding hydrogens is 205 g/mol. The van der Waals surface area contributed by atoms with Gasteiger partial charge < -0.3 is 4.74 Å². The summed E-state index contributed by atoms with van der Waals surface area (Å²) in [5, 5.41) is 0.765. The van der Waals surface area contributed by atoms with E-state index in [0.717, 1.165) is 16.6 Å². The first-order chi connectivity index (χ1) is 7.56. The van der Waals surface area contributed by atoms with Crippen LogP contribution in [0.2, 0.25) is 0 Å². The molecule has 2 rings (SSSR count). The predicted molar refractivity (Wildman–Crippen MR) is 62.2 cm³/mol. The summed E-state index contributed by atoms with van der Waals surface area (Å²) in [7, 11) is 0. The SMILES string of the molecule is Cc1ccc2cc(F)cc(OC(C)C)c2n1. The minimum absolute atomic E-state index is 0.00677. The van der Waals surface area contributed by atoms with Crippen molar-refractivity contribution >= 4 is 10.9 Å². The third-order valence-corrected chi connectivity index (χ3v) is 2.22. The smallest absolute Gasteiger partial charge is 0.148 e. The zero-order chi connectivity index (χ0) is 11.7. The number of aromatic nitrogens is 1. The highest BCUT2D eigenvalue weighted by Gasteiger charge is 2.08. The van der Waals surface area contributed by atoms with Crippen molar-refractivity contribution < 1.29 is 9.13 Å². The molecular formula is C13H14FNO. The van der Waals surface area contributed by atoms with Crippen molar-refractivity contribution in [2.45, 2.75) is 26.9 Å². The number of hydrogen-bond donors (Lipinski definition) is 0. The highest BCUT2D eigenvalue weighted by Crippen LogP contribution is 2.26. The molecule has 0 atom stereocenters. The Kier molecular flexibility index (Phi) is 2.77. The summed E-state index contributed by atoms with van der Waals surface area (Å²) < 4.78 is 18.9. The number of fused-ring (bicyclic) bond motifs is 1. The second-order valence-electron chi connectivity index (χ2n) is 4.09. The van der Waals surface area contributed by atoms with Gasteiger partial charge in [-0.2, -0.15) is 0 Å². The highest BCUT2D eigenvalue weighted by molar-refractivity contribution is 5.84. The second-order valence-corrected chi connectivity index (χ2v) is 4.09. The molecule has 0 saturated heterocycles. The standard InChI is InChI=1S/C13H14FNO/c1-8(2)16-12-7-11(14)6-10-5-4-9(3)15-13(10)12/h4-8H,1-3H3. The molecule has 0 aliphatic heterocycles. The molecule has 0 saturated carbocycles. The van der Waals surface area contributed by atoms with E-state index in [1.165, 1.54) is 12.1 Å². The number of rotatable bonds is 2. The van der Waals surface area contributed by atoms with Crippen LogP contribution < -0.4 is 4.74 Å². The topological polar surface area (TPSA) is 22.1 Å². The maximum absolute atomic E-state index is 13.3. The fourth-order valence-electron chi connectivity index (χ4n) is 1.61. The van der Waals surface area contributed by atoms with E-state index in [-0.39, 0.29) is 11.9 Å². The lowest BCUT2D eigenvalue weighted by Gasteiger charge is -2.12. The Labute approximate surface area is 94.1 Å². The fraction of sp³-hybridized carbons (Fsp3) is 0.308. The third kappa shape index (κ3) is 2.13. The van der Waals surface area contributed by atoms with Gasteiger partial charge in [0.25, 0.3) is 0 Å². The first-order valence-electron chi connectivity index (χ1n) is 5.30. The Balaban J connectivity index is 2.64. The Morgan fingerprint density at radius 3 is 2.69 bits per heavy atom. The molecule has 1 aromatic heterocycles. The van der Waals surface area contributed by atoms with Crippen LogP contribution in [0.5, 0.6) is 5.75 Å². The summed E-state index contributed by atoms with van der Waals surface area (Å²) in [5.74, 6) is 0.211. The van der Waals surface area contributed by atoms with Gasteiger partial charge in [-0.15, -0.1) is 0 Å². The fourth-order valence-corrected chi connectivity index (χ4v) is 1.61. The summed E-state index contributed by atoms with van der Waals surface area (Å²) >= 11 is 0. The molecule has 3 heteroatoms. The molecule has 2 nitrogen and oxygen atoms in total. The van der Waals surface area contributed by atoms with E-state index in [0.29, 0.717) is 5.75 Å². The molecule has 1 aromatic carbocycles. The van der Waals surface area contributed by atoms with E-state index in [1.54, 1.807) is 0 Å². The minimum Gasteiger partial charge on any atom is -0.489 e. The lowest BCUT2D eigenvalue weighted by atomic mass is 10.2. The monoisotopic (exact) mass is 219 g/mol. The molecule has 0 radical (unpaired) electrons. The van der Waals surface area contributed by atoms with Crippen LogP contribution in [0, 0.1) is 12.7 Å². The largest absolute Gasteiger partial charge is 0.489 e. The van der Waals surface area contributed by atoms with Crippen molar-refractivity contribution in [1.29, 1.82) is 0 Å². The summed E-state index contributed by atoms with van der Waals surface area (Å²) in [4.78, 5) is 4.38. The Morgan fingerprint density at radius 1 is 1.25 bits per heavy atom. The quantitative estimate of drug-likeness (QED) is 0.771. The molecule has 0 aliphatic rings. The second kappa shape index (κ2) is 4.08. The van der Waals surface area contributed by atoms with E-state index in [4.69, 9.17) is 4.74 Å². The van der Waals surface area contributed by atoms with E-state index >= 15 is 0 Å². The highest BCUT2D eigenvalue weighted by atomic mass is 19.1. The van der Waals surface area contributed by atoms with Gasteiger partial charge in [-0.05, 0) is 32.9 Å². The van der Waals surface area contributed by atoms with Gasteiger partial charge in [0.15, 0.2) is 0 Å². The molecule has 0 N–H and O–H groups in total. The maximum Gasteiger partial charge on any atom is 0.148 e. The van der Waals surface area contributed by atoms with Gasteiger partial charge in [-0.1, -0.05) is 6.07 Å². The van der Waals surface area contributed by atoms with Gasteiger partial charge in [0, 0.05) is 17.1 Å². The molecule has 0 spiro atoms. The van der Waals surface area contributed by atoms with E-state index in [9.17, 15) is 4.39 Å². The van der Waals surface area contributed by atoms with Gasteiger partial charge >= 0.3 is 0 Å². The van der Waals surface area contributed by atoms with Crippen LogP contribution in [-0.2, 0) is 0 Å². The van der Waals surface area contributed by atoms with E-state index in [1.807, 2.05) is 32.9 Å². The number of aryl methyl sites for hydroxylation is 1. The Bertz CT molecular complexity index is 523. The average Bonchev–Trinajstić information content (AvgIpc) is 2.18. The normalized spacial score (nSPS) is 11.1. The summed E-state index contributed by atoms with van der Waals surface area (Å²) in [6.45, 7) is 5.72. The lowest BCUT2D eigenvalue weighted by Crippen LogP contribution is -2.06. The molecule has 0 unspecified atom stereocenters. The summed E-state index contributed by atoms with van der Waals surface area (Å²) in [5.41, 5.74) is 1.61. The van der Waals surface area contributed by atoms with Crippen molar-refractivity contribution in [3.05, 3.63) is 35.8 Å². The molecule has 84 valence electrons. The first-order valence-corrected chi connectivity index (χ1v) is 5.30. The van der Waals surface area contributed by atoms with Crippen molar-refractivity contribution in [1.82, 2.24) is 4.98 Å². The molecule has 16 heavy (non-hydrogen) atoms. The number of hydrogen-bond acceptors (Lipinski definition) is 2. The van der Waals surface area contributed by atoms with Crippen molar-refractivity contribution in [2.24, 2.45) is 0 Å². The molecule has 1 heterocycles. The minimum atomic E-state index is -0.297. The summed E-state index contributed by atoms with van der Waals surface area (Å²) in [6.07, 6.45) is 0.00677. The van der Waals surface area contributed by atoms with Crippen LogP contribution in [0.1, 0.15) is 19.5 Å². The molecule has 0 fully saturated rings. The van der Waals surface area contributed by atoms with Crippen molar-refractivity contribution in [3.8, 4) is 5.75 Å². The third-order valence-electron chi connectivity index (χ3n) is 2.22. The van der Waals surface area contributed by atoms with Crippen LogP contribution in [0.3, 0.4) is 0 Å². The van der Waals surface area contributed by atoms with Gasteiger partial charge in [-0.25, -0.2) is 9.37 Å². The van der Waals surface area contributed by atoms with Crippen LogP contribution in [0.15, 0.2) is 24.3 Å². The molecule has 0 bridgehead atoms. The zero-order valence-electron chi connectivity index (χ0n) is 9.62. The average molecular weight is 219 g/mol. The van der Waals surface area contributed by atoms with Gasteiger partial charge in [0.1, 0.15) is 17.1 Å². The zero-order valence-corrected chi connectivity index (χ0v) is 9.62. The predicted octanol–water partition coefficient (Wildman–Crippen LogP) is 3.47. The number of benzene rings is 1. The van der Waals surface area contributed by atoms with Crippen molar-refractivity contribution in [2.75, 3.05) is 0 Å².